The van der Waals surface area contributed by atoms with E-state index in [1.165, 1.54) is 12.8 Å². The highest BCUT2D eigenvalue weighted by atomic mass is 15.2. The number of nitrogens with two attached hydrogens (primary N) is 1. The molecule has 0 radical (unpaired) electrons. The van der Waals surface area contributed by atoms with Crippen LogP contribution in [0.25, 0.3) is 11.2 Å². The van der Waals surface area contributed by atoms with E-state index in [0.717, 1.165) is 29.7 Å². The Balaban J connectivity index is 2.32. The summed E-state index contributed by atoms with van der Waals surface area (Å²) in [6.07, 6.45) is 5.41. The van der Waals surface area contributed by atoms with Crippen molar-refractivity contribution in [3.63, 3.8) is 0 Å². The number of aromatic nitrogens is 3. The number of pyridine rings is 1. The Kier molecular flexibility index (Phi) is 3.08. The Morgan fingerprint density at radius 3 is 2.94 bits per heavy atom. The summed E-state index contributed by atoms with van der Waals surface area (Å²) in [5, 5.41) is 0. The summed E-state index contributed by atoms with van der Waals surface area (Å²) in [6.45, 7) is 5.11. The van der Waals surface area contributed by atoms with Gasteiger partial charge >= 0.3 is 0 Å². The van der Waals surface area contributed by atoms with Gasteiger partial charge in [0.2, 0.25) is 5.95 Å². The number of hydrogen-bond donors (Lipinski definition) is 1. The van der Waals surface area contributed by atoms with Crippen LogP contribution in [0.4, 0.5) is 5.95 Å². The monoisotopic (exact) mass is 218 g/mol. The molecule has 2 rings (SSSR count). The highest BCUT2D eigenvalue weighted by Crippen LogP contribution is 2.17. The number of nitrogen functional groups attached to an aromatic ring is 1. The van der Waals surface area contributed by atoms with Gasteiger partial charge in [-0.05, 0) is 25.0 Å². The minimum atomic E-state index is 0.573. The molecule has 0 aliphatic carbocycles. The van der Waals surface area contributed by atoms with Crippen molar-refractivity contribution in [2.24, 2.45) is 0 Å². The minimum absolute atomic E-state index is 0.573. The number of aryl methyl sites for hydroxylation is 2. The van der Waals surface area contributed by atoms with Crippen molar-refractivity contribution in [3.05, 3.63) is 17.8 Å². The predicted molar refractivity (Wildman–Crippen MR) is 66.2 cm³/mol. The molecule has 0 saturated carbocycles. The summed E-state index contributed by atoms with van der Waals surface area (Å²) in [5.41, 5.74) is 8.81. The number of imidazole rings is 1. The van der Waals surface area contributed by atoms with E-state index in [2.05, 4.69) is 16.9 Å². The molecular weight excluding hydrogens is 200 g/mol. The fourth-order valence-electron chi connectivity index (χ4n) is 1.87. The van der Waals surface area contributed by atoms with Crippen molar-refractivity contribution >= 4 is 17.1 Å². The van der Waals surface area contributed by atoms with Crippen LogP contribution in [0, 0.1) is 6.92 Å². The van der Waals surface area contributed by atoms with Gasteiger partial charge in [0.15, 0.2) is 5.65 Å². The molecule has 4 nitrogen and oxygen atoms in total. The Hall–Kier alpha value is -1.58. The first-order chi connectivity index (χ1) is 7.72. The third-order valence-corrected chi connectivity index (χ3v) is 2.74. The molecule has 16 heavy (non-hydrogen) atoms. The second-order valence-electron chi connectivity index (χ2n) is 4.18. The number of fused-ring (bicyclic) bond motifs is 1. The molecule has 0 fully saturated rings. The maximum Gasteiger partial charge on any atom is 0.202 e. The lowest BCUT2D eigenvalue weighted by Gasteiger charge is -2.04. The molecule has 0 atom stereocenters. The van der Waals surface area contributed by atoms with Crippen LogP contribution in [-0.4, -0.2) is 14.5 Å². The molecule has 2 aromatic rings. The lowest BCUT2D eigenvalue weighted by molar-refractivity contribution is 0.616. The Bertz CT molecular complexity index is 487. The number of anilines is 1. The van der Waals surface area contributed by atoms with Crippen LogP contribution in [0.1, 0.15) is 31.7 Å². The van der Waals surface area contributed by atoms with Crippen LogP contribution in [0.2, 0.25) is 0 Å². The summed E-state index contributed by atoms with van der Waals surface area (Å²) in [7, 11) is 0. The summed E-state index contributed by atoms with van der Waals surface area (Å²) in [6, 6.07) is 2.02. The van der Waals surface area contributed by atoms with Crippen LogP contribution in [0.3, 0.4) is 0 Å². The molecule has 0 aliphatic rings. The van der Waals surface area contributed by atoms with Gasteiger partial charge in [-0.1, -0.05) is 19.8 Å². The first-order valence-electron chi connectivity index (χ1n) is 5.80. The summed E-state index contributed by atoms with van der Waals surface area (Å²) in [4.78, 5) is 8.73. The molecule has 86 valence electrons. The van der Waals surface area contributed by atoms with Gasteiger partial charge in [0.25, 0.3) is 0 Å². The quantitative estimate of drug-likeness (QED) is 0.802. The average molecular weight is 218 g/mol. The number of unbranched alkanes of at least 4 members (excludes halogenated alkanes) is 2. The molecule has 0 amide bonds. The zero-order chi connectivity index (χ0) is 11.5. The lowest BCUT2D eigenvalue weighted by atomic mass is 10.2. The molecule has 2 N–H and O–H groups in total. The number of rotatable bonds is 4. The Morgan fingerprint density at radius 2 is 2.19 bits per heavy atom. The summed E-state index contributed by atoms with van der Waals surface area (Å²) in [5.74, 6) is 0.573. The molecule has 0 unspecified atom stereocenters. The second kappa shape index (κ2) is 4.51. The van der Waals surface area contributed by atoms with E-state index in [1.807, 2.05) is 23.8 Å². The van der Waals surface area contributed by atoms with Crippen molar-refractivity contribution in [2.75, 3.05) is 5.73 Å². The maximum absolute atomic E-state index is 5.90. The standard InChI is InChI=1S/C12H18N4/c1-3-4-5-6-16-11-10(15-12(16)13)7-9(2)8-14-11/h7-8H,3-6H2,1-2H3,(H2,13,15). The third kappa shape index (κ3) is 2.01. The van der Waals surface area contributed by atoms with Gasteiger partial charge in [0, 0.05) is 12.7 Å². The van der Waals surface area contributed by atoms with Crippen LogP contribution in [0.5, 0.6) is 0 Å². The van der Waals surface area contributed by atoms with E-state index in [1.54, 1.807) is 0 Å². The van der Waals surface area contributed by atoms with Crippen molar-refractivity contribution < 1.29 is 0 Å². The van der Waals surface area contributed by atoms with Gasteiger partial charge in [-0.3, -0.25) is 4.57 Å². The molecule has 2 heterocycles. The lowest BCUT2D eigenvalue weighted by Crippen LogP contribution is -2.04. The predicted octanol–water partition coefficient (Wildman–Crippen LogP) is 2.51. The molecule has 4 heteroatoms. The van der Waals surface area contributed by atoms with Crippen LogP contribution in [-0.2, 0) is 6.54 Å². The zero-order valence-corrected chi connectivity index (χ0v) is 9.90. The van der Waals surface area contributed by atoms with E-state index in [0.29, 0.717) is 5.95 Å². The van der Waals surface area contributed by atoms with Crippen molar-refractivity contribution in [3.8, 4) is 0 Å². The highest BCUT2D eigenvalue weighted by Gasteiger charge is 2.08. The van der Waals surface area contributed by atoms with E-state index >= 15 is 0 Å². The molecule has 0 aliphatic heterocycles. The van der Waals surface area contributed by atoms with Crippen molar-refractivity contribution in [1.29, 1.82) is 0 Å². The Morgan fingerprint density at radius 1 is 1.38 bits per heavy atom. The van der Waals surface area contributed by atoms with Gasteiger partial charge in [-0.15, -0.1) is 0 Å². The molecular formula is C12H18N4. The summed E-state index contributed by atoms with van der Waals surface area (Å²) < 4.78 is 2.00. The molecule has 0 saturated heterocycles. The molecule has 0 spiro atoms. The SMILES string of the molecule is CCCCCn1c(N)nc2cc(C)cnc21. The van der Waals surface area contributed by atoms with Crippen LogP contribution in [0.15, 0.2) is 12.3 Å². The molecule has 0 bridgehead atoms. The van der Waals surface area contributed by atoms with Gasteiger partial charge in [0.05, 0.1) is 0 Å². The Labute approximate surface area is 95.5 Å². The fourth-order valence-corrected chi connectivity index (χ4v) is 1.87. The largest absolute Gasteiger partial charge is 0.369 e. The van der Waals surface area contributed by atoms with E-state index < -0.39 is 0 Å². The normalized spacial score (nSPS) is 11.1. The topological polar surface area (TPSA) is 56.7 Å². The van der Waals surface area contributed by atoms with Gasteiger partial charge in [0.1, 0.15) is 5.52 Å². The van der Waals surface area contributed by atoms with Crippen LogP contribution < -0.4 is 5.73 Å². The van der Waals surface area contributed by atoms with Crippen LogP contribution >= 0.6 is 0 Å². The minimum Gasteiger partial charge on any atom is -0.369 e. The van der Waals surface area contributed by atoms with Crippen molar-refractivity contribution in [1.82, 2.24) is 14.5 Å². The van der Waals surface area contributed by atoms with Gasteiger partial charge < -0.3 is 5.73 Å². The maximum atomic E-state index is 5.90. The smallest absolute Gasteiger partial charge is 0.202 e. The van der Waals surface area contributed by atoms with Gasteiger partial charge in [-0.25, -0.2) is 9.97 Å². The van der Waals surface area contributed by atoms with E-state index in [4.69, 9.17) is 5.73 Å². The molecule has 2 aromatic heterocycles. The number of nitrogens with zero attached hydrogens (tertiary/aromatic N) is 3. The summed E-state index contributed by atoms with van der Waals surface area (Å²) >= 11 is 0. The first kappa shape index (κ1) is 10.9. The van der Waals surface area contributed by atoms with Gasteiger partial charge in [-0.2, -0.15) is 0 Å². The van der Waals surface area contributed by atoms with Crippen molar-refractivity contribution in [2.45, 2.75) is 39.7 Å². The molecule has 0 aromatic carbocycles. The van der Waals surface area contributed by atoms with E-state index in [9.17, 15) is 0 Å². The highest BCUT2D eigenvalue weighted by molar-refractivity contribution is 5.74. The van der Waals surface area contributed by atoms with E-state index in [-0.39, 0.29) is 0 Å². The zero-order valence-electron chi connectivity index (χ0n) is 9.90. The third-order valence-electron chi connectivity index (χ3n) is 2.74. The second-order valence-corrected chi connectivity index (χ2v) is 4.18. The number of hydrogen-bond acceptors (Lipinski definition) is 3. The average Bonchev–Trinajstić information content (AvgIpc) is 2.55. The first-order valence-corrected chi connectivity index (χ1v) is 5.80. The fraction of sp³-hybridized carbons (Fsp3) is 0.500.